The number of carbonyl (C=O) groups excluding carboxylic acids is 1. The number of phenolic OH excluding ortho intramolecular Hbond substituents is 1. The van der Waals surface area contributed by atoms with Gasteiger partial charge in [0.05, 0.1) is 0 Å². The van der Waals surface area contributed by atoms with E-state index in [-0.39, 0.29) is 17.6 Å². The molecule has 2 aromatic carbocycles. The quantitative estimate of drug-likeness (QED) is 0.909. The van der Waals surface area contributed by atoms with Gasteiger partial charge in [0.1, 0.15) is 11.6 Å². The minimum Gasteiger partial charge on any atom is -0.508 e. The highest BCUT2D eigenvalue weighted by atomic mass is 19.1. The standard InChI is InChI=1S/C18H19FN2O2/c19-15-3-5-16(6-4-15)20-18(23)21-10-9-14(12-21)11-13-1-7-17(22)8-2-13/h1-8,14,22H,9-12H2,(H,20,23). The number of carbonyl (C=O) groups is 1. The third kappa shape index (κ3) is 4.00. The maximum atomic E-state index is 12.9. The maximum absolute atomic E-state index is 12.9. The molecule has 4 nitrogen and oxygen atoms in total. The number of hydrogen-bond acceptors (Lipinski definition) is 2. The van der Waals surface area contributed by atoms with E-state index in [0.29, 0.717) is 18.2 Å². The second-order valence-electron chi connectivity index (χ2n) is 5.91. The van der Waals surface area contributed by atoms with Crippen LogP contribution in [0.2, 0.25) is 0 Å². The smallest absolute Gasteiger partial charge is 0.321 e. The van der Waals surface area contributed by atoms with Gasteiger partial charge in [-0.25, -0.2) is 9.18 Å². The van der Waals surface area contributed by atoms with E-state index in [2.05, 4.69) is 5.32 Å². The van der Waals surface area contributed by atoms with Gasteiger partial charge >= 0.3 is 6.03 Å². The molecular formula is C18H19FN2O2. The van der Waals surface area contributed by atoms with Crippen molar-refractivity contribution in [1.82, 2.24) is 4.90 Å². The van der Waals surface area contributed by atoms with Crippen molar-refractivity contribution in [3.63, 3.8) is 0 Å². The number of nitrogens with zero attached hydrogens (tertiary/aromatic N) is 1. The number of anilines is 1. The van der Waals surface area contributed by atoms with Gasteiger partial charge in [0.2, 0.25) is 0 Å². The molecule has 120 valence electrons. The topological polar surface area (TPSA) is 52.6 Å². The summed E-state index contributed by atoms with van der Waals surface area (Å²) in [6, 6.07) is 12.8. The molecule has 1 unspecified atom stereocenters. The lowest BCUT2D eigenvalue weighted by Gasteiger charge is -2.17. The Kier molecular flexibility index (Phi) is 4.46. The van der Waals surface area contributed by atoms with E-state index < -0.39 is 0 Å². The molecule has 0 spiro atoms. The number of amides is 2. The molecule has 2 aromatic rings. The van der Waals surface area contributed by atoms with Gasteiger partial charge in [-0.05, 0) is 60.7 Å². The summed E-state index contributed by atoms with van der Waals surface area (Å²) in [5.41, 5.74) is 1.76. The van der Waals surface area contributed by atoms with E-state index in [1.165, 1.54) is 12.1 Å². The van der Waals surface area contributed by atoms with E-state index in [9.17, 15) is 14.3 Å². The van der Waals surface area contributed by atoms with Gasteiger partial charge in [0.15, 0.2) is 0 Å². The average Bonchev–Trinajstić information content (AvgIpc) is 3.00. The zero-order valence-electron chi connectivity index (χ0n) is 12.7. The Morgan fingerprint density at radius 1 is 1.17 bits per heavy atom. The fraction of sp³-hybridized carbons (Fsp3) is 0.278. The van der Waals surface area contributed by atoms with Crippen molar-refractivity contribution in [2.45, 2.75) is 12.8 Å². The number of phenols is 1. The van der Waals surface area contributed by atoms with Gasteiger partial charge in [0.25, 0.3) is 0 Å². The molecule has 1 aliphatic heterocycles. The van der Waals surface area contributed by atoms with Crippen LogP contribution in [0.25, 0.3) is 0 Å². The van der Waals surface area contributed by atoms with Crippen LogP contribution in [-0.2, 0) is 6.42 Å². The lowest BCUT2D eigenvalue weighted by atomic mass is 9.99. The molecule has 1 aliphatic rings. The van der Waals surface area contributed by atoms with Gasteiger partial charge in [-0.15, -0.1) is 0 Å². The van der Waals surface area contributed by atoms with Crippen LogP contribution in [0, 0.1) is 11.7 Å². The molecule has 3 rings (SSSR count). The summed E-state index contributed by atoms with van der Waals surface area (Å²) >= 11 is 0. The summed E-state index contributed by atoms with van der Waals surface area (Å²) < 4.78 is 12.9. The van der Waals surface area contributed by atoms with E-state index in [1.54, 1.807) is 29.2 Å². The van der Waals surface area contributed by atoms with Crippen molar-refractivity contribution in [1.29, 1.82) is 0 Å². The molecule has 1 fully saturated rings. The number of hydrogen-bond donors (Lipinski definition) is 2. The third-order valence-corrected chi connectivity index (χ3v) is 4.13. The van der Waals surface area contributed by atoms with Crippen LogP contribution >= 0.6 is 0 Å². The van der Waals surface area contributed by atoms with Gasteiger partial charge < -0.3 is 15.3 Å². The normalized spacial score (nSPS) is 17.3. The van der Waals surface area contributed by atoms with E-state index in [4.69, 9.17) is 0 Å². The Bertz CT molecular complexity index is 670. The third-order valence-electron chi connectivity index (χ3n) is 4.13. The Morgan fingerprint density at radius 2 is 1.87 bits per heavy atom. The summed E-state index contributed by atoms with van der Waals surface area (Å²) in [4.78, 5) is 14.0. The molecule has 0 aromatic heterocycles. The summed E-state index contributed by atoms with van der Waals surface area (Å²) in [6.07, 6.45) is 1.85. The second-order valence-corrected chi connectivity index (χ2v) is 5.91. The molecule has 1 heterocycles. The molecule has 0 radical (unpaired) electrons. The maximum Gasteiger partial charge on any atom is 0.321 e. The van der Waals surface area contributed by atoms with Gasteiger partial charge in [-0.2, -0.15) is 0 Å². The molecule has 23 heavy (non-hydrogen) atoms. The van der Waals surface area contributed by atoms with Crippen LogP contribution in [0.3, 0.4) is 0 Å². The Labute approximate surface area is 134 Å². The van der Waals surface area contributed by atoms with E-state index in [0.717, 1.165) is 24.9 Å². The average molecular weight is 314 g/mol. The van der Waals surface area contributed by atoms with Crippen molar-refractivity contribution in [3.05, 3.63) is 59.9 Å². The van der Waals surface area contributed by atoms with Gasteiger partial charge in [0, 0.05) is 18.8 Å². The predicted molar refractivity (Wildman–Crippen MR) is 86.9 cm³/mol. The summed E-state index contributed by atoms with van der Waals surface area (Å²) in [5, 5.41) is 12.1. The van der Waals surface area contributed by atoms with Crippen LogP contribution in [-0.4, -0.2) is 29.1 Å². The summed E-state index contributed by atoms with van der Waals surface area (Å²) in [6.45, 7) is 1.42. The summed E-state index contributed by atoms with van der Waals surface area (Å²) in [5.74, 6) is 0.358. The zero-order valence-corrected chi connectivity index (χ0v) is 12.7. The Hall–Kier alpha value is -2.56. The summed E-state index contributed by atoms with van der Waals surface area (Å²) in [7, 11) is 0. The van der Waals surface area contributed by atoms with E-state index in [1.807, 2.05) is 12.1 Å². The molecule has 2 N–H and O–H groups in total. The molecule has 2 amide bonds. The first-order valence-corrected chi connectivity index (χ1v) is 7.69. The highest BCUT2D eigenvalue weighted by Crippen LogP contribution is 2.22. The number of urea groups is 1. The van der Waals surface area contributed by atoms with Crippen molar-refractivity contribution < 1.29 is 14.3 Å². The van der Waals surface area contributed by atoms with Crippen LogP contribution in [0.4, 0.5) is 14.9 Å². The monoisotopic (exact) mass is 314 g/mol. The van der Waals surface area contributed by atoms with Gasteiger partial charge in [-0.3, -0.25) is 0 Å². The lowest BCUT2D eigenvalue weighted by Crippen LogP contribution is -2.33. The molecule has 0 aliphatic carbocycles. The number of likely N-dealkylation sites (tertiary alicyclic amines) is 1. The number of benzene rings is 2. The number of nitrogens with one attached hydrogen (secondary N) is 1. The second kappa shape index (κ2) is 6.69. The fourth-order valence-corrected chi connectivity index (χ4v) is 2.88. The van der Waals surface area contributed by atoms with Crippen molar-refractivity contribution in [2.24, 2.45) is 5.92 Å². The van der Waals surface area contributed by atoms with Crippen LogP contribution < -0.4 is 5.32 Å². The van der Waals surface area contributed by atoms with Crippen molar-refractivity contribution in [3.8, 4) is 5.75 Å². The van der Waals surface area contributed by atoms with Crippen LogP contribution in [0.5, 0.6) is 5.75 Å². The van der Waals surface area contributed by atoms with Crippen molar-refractivity contribution >= 4 is 11.7 Å². The lowest BCUT2D eigenvalue weighted by molar-refractivity contribution is 0.221. The predicted octanol–water partition coefficient (Wildman–Crippen LogP) is 3.63. The number of halogens is 1. The number of aromatic hydroxyl groups is 1. The first-order chi connectivity index (χ1) is 11.1. The van der Waals surface area contributed by atoms with Crippen LogP contribution in [0.1, 0.15) is 12.0 Å². The highest BCUT2D eigenvalue weighted by Gasteiger charge is 2.26. The minimum atomic E-state index is -0.321. The Morgan fingerprint density at radius 3 is 2.57 bits per heavy atom. The first kappa shape index (κ1) is 15.3. The zero-order chi connectivity index (χ0) is 16.2. The molecular weight excluding hydrogens is 295 g/mol. The Balaban J connectivity index is 1.53. The number of rotatable bonds is 3. The first-order valence-electron chi connectivity index (χ1n) is 7.69. The largest absolute Gasteiger partial charge is 0.508 e. The van der Waals surface area contributed by atoms with Crippen molar-refractivity contribution in [2.75, 3.05) is 18.4 Å². The van der Waals surface area contributed by atoms with Crippen LogP contribution in [0.15, 0.2) is 48.5 Å². The molecule has 0 saturated carbocycles. The van der Waals surface area contributed by atoms with E-state index >= 15 is 0 Å². The van der Waals surface area contributed by atoms with Gasteiger partial charge in [-0.1, -0.05) is 12.1 Å². The molecule has 0 bridgehead atoms. The molecule has 5 heteroatoms. The molecule has 1 saturated heterocycles. The fourth-order valence-electron chi connectivity index (χ4n) is 2.88. The minimum absolute atomic E-state index is 0.148. The SMILES string of the molecule is O=C(Nc1ccc(F)cc1)N1CCC(Cc2ccc(O)cc2)C1. The highest BCUT2D eigenvalue weighted by molar-refractivity contribution is 5.89. The molecule has 1 atom stereocenters.